The zero-order valence-electron chi connectivity index (χ0n) is 28.4. The van der Waals surface area contributed by atoms with Gasteiger partial charge in [0.25, 0.3) is 0 Å². The SMILES string of the molecule is [2H]C1([2H])OC(=O)[C@@H]2[C@H](c3cc(OC)c(O)c(OC)c3)c3cc4c(cc3[C@@H](O[C@@H]3O[C@H]5[C@@H](O[C@H](c6cccs6)OC5([2H])[2H])[C@H](O)C3O)[C@H]21)OCO4. The Morgan fingerprint density at radius 1 is 0.957 bits per heavy atom. The number of esters is 1. The first-order chi connectivity index (χ1) is 23.8. The van der Waals surface area contributed by atoms with E-state index in [4.69, 9.17) is 48.1 Å². The number of phenols is 1. The molecule has 0 bridgehead atoms. The second-order valence-electron chi connectivity index (χ2n) is 11.3. The van der Waals surface area contributed by atoms with Crippen LogP contribution in [0.4, 0.5) is 0 Å². The lowest BCUT2D eigenvalue weighted by atomic mass is 9.66. The van der Waals surface area contributed by atoms with Crippen molar-refractivity contribution < 1.29 is 68.2 Å². The number of carbonyl (C=O) groups excluding carboxylic acids is 1. The minimum absolute atomic E-state index is 0.0423. The molecule has 1 aromatic heterocycles. The molecule has 3 aromatic rings. The summed E-state index contributed by atoms with van der Waals surface area (Å²) in [7, 11) is 2.70. The van der Waals surface area contributed by atoms with Crippen LogP contribution in [0, 0.1) is 11.8 Å². The van der Waals surface area contributed by atoms with Crippen LogP contribution in [0.2, 0.25) is 0 Å². The Morgan fingerprint density at radius 3 is 2.39 bits per heavy atom. The van der Waals surface area contributed by atoms with E-state index in [0.29, 0.717) is 33.1 Å². The van der Waals surface area contributed by atoms with Gasteiger partial charge in [-0.1, -0.05) is 6.07 Å². The number of hydrogen-bond donors (Lipinski definition) is 3. The van der Waals surface area contributed by atoms with E-state index in [0.717, 1.165) is 0 Å². The van der Waals surface area contributed by atoms with Crippen LogP contribution in [-0.4, -0.2) is 86.1 Å². The van der Waals surface area contributed by atoms with Gasteiger partial charge in [0, 0.05) is 11.8 Å². The van der Waals surface area contributed by atoms with E-state index >= 15 is 0 Å². The van der Waals surface area contributed by atoms with Gasteiger partial charge in [0.1, 0.15) is 24.4 Å². The molecule has 10 atom stereocenters. The van der Waals surface area contributed by atoms with Gasteiger partial charge < -0.3 is 58.0 Å². The smallest absolute Gasteiger partial charge is 0.310 e. The van der Waals surface area contributed by atoms with Gasteiger partial charge in [-0.15, -0.1) is 11.3 Å². The zero-order valence-corrected chi connectivity index (χ0v) is 25.2. The highest BCUT2D eigenvalue weighted by Gasteiger charge is 2.56. The third-order valence-corrected chi connectivity index (χ3v) is 9.79. The average molecular weight is 661 g/mol. The number of hydrogen-bond acceptors (Lipinski definition) is 14. The summed E-state index contributed by atoms with van der Waals surface area (Å²) in [6.07, 6.45) is -10.8. The molecule has 5 aliphatic rings. The van der Waals surface area contributed by atoms with Gasteiger partial charge in [-0.3, -0.25) is 4.79 Å². The van der Waals surface area contributed by atoms with E-state index in [2.05, 4.69) is 0 Å². The molecular formula is C32H32O13S. The maximum absolute atomic E-state index is 13.7. The molecule has 8 rings (SSSR count). The Bertz CT molecular complexity index is 1780. The van der Waals surface area contributed by atoms with Crippen LogP contribution in [0.3, 0.4) is 0 Å². The number of methoxy groups -OCH3 is 2. The Kier molecular flexibility index (Phi) is 6.40. The molecule has 0 spiro atoms. The minimum Gasteiger partial charge on any atom is -0.502 e. The number of phenolic OH excluding ortho intramolecular Hbond substituents is 1. The van der Waals surface area contributed by atoms with Crippen LogP contribution in [-0.2, 0) is 28.5 Å². The van der Waals surface area contributed by atoms with E-state index in [1.54, 1.807) is 29.6 Å². The molecule has 2 aromatic carbocycles. The number of fused-ring (bicyclic) bond motifs is 4. The molecule has 0 amide bonds. The number of ether oxygens (including phenoxy) is 9. The molecule has 3 fully saturated rings. The molecule has 1 aliphatic carbocycles. The lowest BCUT2D eigenvalue weighted by Crippen LogP contribution is -2.62. The van der Waals surface area contributed by atoms with Crippen molar-refractivity contribution in [2.75, 3.05) is 34.1 Å². The van der Waals surface area contributed by atoms with Crippen LogP contribution in [0.15, 0.2) is 41.8 Å². The Morgan fingerprint density at radius 2 is 1.70 bits per heavy atom. The number of benzene rings is 2. The highest BCUT2D eigenvalue weighted by Crippen LogP contribution is 2.57. The maximum atomic E-state index is 13.7. The van der Waals surface area contributed by atoms with Gasteiger partial charge in [0.15, 0.2) is 35.6 Å². The number of aliphatic hydroxyl groups is 2. The summed E-state index contributed by atoms with van der Waals surface area (Å²) in [5, 5.41) is 35.1. The fourth-order valence-corrected chi connectivity index (χ4v) is 7.40. The molecule has 0 saturated carbocycles. The number of thiophene rings is 1. The van der Waals surface area contributed by atoms with Crippen molar-refractivity contribution in [3.05, 3.63) is 63.3 Å². The van der Waals surface area contributed by atoms with Crippen molar-refractivity contribution in [1.82, 2.24) is 0 Å². The normalized spacial score (nSPS) is 37.8. The molecular weight excluding hydrogens is 624 g/mol. The van der Waals surface area contributed by atoms with Crippen LogP contribution in [0.25, 0.3) is 0 Å². The summed E-state index contributed by atoms with van der Waals surface area (Å²) < 4.78 is 86.3. The third kappa shape index (κ3) is 4.70. The first kappa shape index (κ1) is 25.5. The number of aromatic hydroxyl groups is 1. The Balaban J connectivity index is 1.22. The highest BCUT2D eigenvalue weighted by atomic mass is 32.1. The van der Waals surface area contributed by atoms with E-state index in [-0.39, 0.29) is 24.0 Å². The van der Waals surface area contributed by atoms with Crippen molar-refractivity contribution in [1.29, 1.82) is 0 Å². The summed E-state index contributed by atoms with van der Waals surface area (Å²) in [6, 6.07) is 9.65. The van der Waals surface area contributed by atoms with E-state index in [9.17, 15) is 20.1 Å². The first-order valence-corrected chi connectivity index (χ1v) is 15.4. The number of aliphatic hydroxyl groups excluding tert-OH is 2. The zero-order chi connectivity index (χ0) is 35.3. The van der Waals surface area contributed by atoms with E-state index < -0.39 is 79.9 Å². The van der Waals surface area contributed by atoms with Gasteiger partial charge in [-0.2, -0.15) is 0 Å². The van der Waals surface area contributed by atoms with Gasteiger partial charge in [0.2, 0.25) is 12.5 Å². The summed E-state index contributed by atoms with van der Waals surface area (Å²) in [5.41, 5.74) is 1.17. The van der Waals surface area contributed by atoms with Crippen LogP contribution in [0.1, 0.15) is 45.4 Å². The molecule has 0 radical (unpaired) electrons. The lowest BCUT2D eigenvalue weighted by molar-refractivity contribution is -0.368. The maximum Gasteiger partial charge on any atom is 0.310 e. The average Bonchev–Trinajstić information content (AvgIpc) is 3.83. The van der Waals surface area contributed by atoms with Crippen LogP contribution >= 0.6 is 11.3 Å². The van der Waals surface area contributed by atoms with Crippen molar-refractivity contribution in [2.24, 2.45) is 11.8 Å². The van der Waals surface area contributed by atoms with E-state index in [1.807, 2.05) is 0 Å². The predicted molar refractivity (Wildman–Crippen MR) is 156 cm³/mol. The molecule has 13 nitrogen and oxygen atoms in total. The quantitative estimate of drug-likeness (QED) is 0.332. The number of carbonyl (C=O) groups is 1. The van der Waals surface area contributed by atoms with Gasteiger partial charge in [-0.05, 0) is 52.4 Å². The van der Waals surface area contributed by atoms with Crippen molar-refractivity contribution in [3.63, 3.8) is 0 Å². The lowest BCUT2D eigenvalue weighted by Gasteiger charge is -2.48. The largest absolute Gasteiger partial charge is 0.502 e. The predicted octanol–water partition coefficient (Wildman–Crippen LogP) is 2.75. The molecule has 14 heteroatoms. The number of rotatable bonds is 6. The molecule has 3 saturated heterocycles. The third-order valence-electron chi connectivity index (χ3n) is 8.89. The fraction of sp³-hybridized carbons (Fsp3) is 0.469. The molecule has 5 heterocycles. The minimum atomic E-state index is -2.62. The van der Waals surface area contributed by atoms with E-state index in [1.165, 1.54) is 37.7 Å². The summed E-state index contributed by atoms with van der Waals surface area (Å²) >= 11 is 1.26. The van der Waals surface area contributed by atoms with Gasteiger partial charge in [0.05, 0.1) is 49.7 Å². The topological polar surface area (TPSA) is 161 Å². The first-order valence-electron chi connectivity index (χ1n) is 16.5. The molecule has 4 aliphatic heterocycles. The fourth-order valence-electron chi connectivity index (χ4n) is 6.71. The summed E-state index contributed by atoms with van der Waals surface area (Å²) in [6.45, 7) is -5.25. The summed E-state index contributed by atoms with van der Waals surface area (Å²) in [4.78, 5) is 14.2. The Labute approximate surface area is 272 Å². The Hall–Kier alpha value is -3.63. The van der Waals surface area contributed by atoms with Crippen molar-refractivity contribution in [3.8, 4) is 28.7 Å². The van der Waals surface area contributed by atoms with Crippen molar-refractivity contribution in [2.45, 2.75) is 49.0 Å². The molecule has 3 N–H and O–H groups in total. The number of cyclic esters (lactones) is 1. The highest BCUT2D eigenvalue weighted by molar-refractivity contribution is 7.10. The second kappa shape index (κ2) is 11.6. The molecule has 244 valence electrons. The van der Waals surface area contributed by atoms with Crippen LogP contribution in [0.5, 0.6) is 28.7 Å². The monoisotopic (exact) mass is 660 g/mol. The summed E-state index contributed by atoms with van der Waals surface area (Å²) in [5.74, 6) is -3.99. The van der Waals surface area contributed by atoms with Gasteiger partial charge >= 0.3 is 5.97 Å². The van der Waals surface area contributed by atoms with Crippen LogP contribution < -0.4 is 18.9 Å². The molecule has 46 heavy (non-hydrogen) atoms. The van der Waals surface area contributed by atoms with Gasteiger partial charge in [-0.25, -0.2) is 0 Å². The second-order valence-corrected chi connectivity index (χ2v) is 12.3. The molecule has 1 unspecified atom stereocenters. The standard InChI is InChI=1S/C32H32O13S/c1-37-19-6-13(7-20(38-2)25(19)33)23-14-8-17-18(42-12-41-17)9-15(14)28(16-10-39-30(36)24(16)23)44-32-27(35)26(34)29-21(43-32)11-40-31(45-29)22-4-3-5-46-22/h3-9,16,21,23-24,26-29,31-35H,10-12H2,1-2H3/t16-,21+,23+,24-,26+,27?,28+,29+,31+,32-/m0/s1/i10D2,11D2. The van der Waals surface area contributed by atoms with Crippen molar-refractivity contribution >= 4 is 17.3 Å².